The van der Waals surface area contributed by atoms with Crippen LogP contribution in [0.3, 0.4) is 0 Å². The van der Waals surface area contributed by atoms with Crippen LogP contribution in [0.4, 0.5) is 25.0 Å². The number of nitrogens with zero attached hydrogens (tertiary/aromatic N) is 4. The van der Waals surface area contributed by atoms with Crippen LogP contribution < -0.4 is 25.0 Å². The van der Waals surface area contributed by atoms with Crippen molar-refractivity contribution in [2.75, 3.05) is 37.0 Å². The zero-order valence-electron chi connectivity index (χ0n) is 38.7. The van der Waals surface area contributed by atoms with Crippen LogP contribution >= 0.6 is 0 Å². The van der Waals surface area contributed by atoms with Crippen molar-refractivity contribution >= 4 is 46.2 Å². The highest BCUT2D eigenvalue weighted by molar-refractivity contribution is 6.07. The van der Waals surface area contributed by atoms with Gasteiger partial charge >= 0.3 is 6.03 Å². The molecular weight excluding hydrogens is 889 g/mol. The van der Waals surface area contributed by atoms with Gasteiger partial charge in [-0.25, -0.2) is 23.5 Å². The number of aliphatic hydroxyl groups is 1. The van der Waals surface area contributed by atoms with Crippen LogP contribution in [-0.4, -0.2) is 93.8 Å². The molecule has 5 amide bonds. The molecule has 4 heterocycles. The Morgan fingerprint density at radius 1 is 0.855 bits per heavy atom. The van der Waals surface area contributed by atoms with Gasteiger partial charge in [0.05, 0.1) is 48.0 Å². The Morgan fingerprint density at radius 2 is 1.58 bits per heavy atom. The van der Waals surface area contributed by atoms with E-state index in [0.717, 1.165) is 61.6 Å². The maximum Gasteiger partial charge on any atom is 0.328 e. The summed E-state index contributed by atoms with van der Waals surface area (Å²) in [5.41, 5.74) is 3.36. The van der Waals surface area contributed by atoms with Gasteiger partial charge < -0.3 is 34.5 Å². The fourth-order valence-electron chi connectivity index (χ4n) is 9.30. The van der Waals surface area contributed by atoms with Crippen LogP contribution in [0.2, 0.25) is 0 Å². The Labute approximate surface area is 397 Å². The number of carbonyl (C=O) groups is 4. The third kappa shape index (κ3) is 10.2. The summed E-state index contributed by atoms with van der Waals surface area (Å²) < 4.78 is 48.6. The number of benzene rings is 4. The molecule has 6 aromatic rings. The summed E-state index contributed by atoms with van der Waals surface area (Å²) >= 11 is 0. The van der Waals surface area contributed by atoms with Crippen LogP contribution in [0.15, 0.2) is 85.2 Å². The molecule has 4 aromatic carbocycles. The number of anilines is 2. The monoisotopic (exact) mass is 941 g/mol. The van der Waals surface area contributed by atoms with Gasteiger partial charge in [-0.1, -0.05) is 6.07 Å². The topological polar surface area (TPSA) is 188 Å². The number of imide groups is 1. The number of hydrogen-bond acceptors (Lipinski definition) is 10. The predicted octanol–water partition coefficient (Wildman–Crippen LogP) is 8.82. The van der Waals surface area contributed by atoms with Crippen molar-refractivity contribution in [2.45, 2.75) is 89.6 Å². The number of rotatable bonds is 12. The molecule has 1 saturated carbocycles. The van der Waals surface area contributed by atoms with E-state index >= 15 is 8.78 Å². The second-order valence-corrected chi connectivity index (χ2v) is 18.3. The van der Waals surface area contributed by atoms with Crippen LogP contribution in [0.25, 0.3) is 33.5 Å². The smallest absolute Gasteiger partial charge is 0.328 e. The highest BCUT2D eigenvalue weighted by Gasteiger charge is 2.32. The molecule has 4 N–H and O–H groups in total. The molecule has 1 aliphatic carbocycles. The molecule has 17 heteroatoms. The quantitative estimate of drug-likeness (QED) is 0.0923. The molecule has 69 heavy (non-hydrogen) atoms. The highest BCUT2D eigenvalue weighted by Crippen LogP contribution is 2.37. The number of likely N-dealkylation sites (tertiary alicyclic amines) is 1. The van der Waals surface area contributed by atoms with Gasteiger partial charge in [0, 0.05) is 53.9 Å². The number of H-pyrrole nitrogens is 1. The Bertz CT molecular complexity index is 2940. The fourth-order valence-corrected chi connectivity index (χ4v) is 9.30. The third-order valence-electron chi connectivity index (χ3n) is 13.2. The number of fused-ring (bicyclic) bond motifs is 1. The minimum atomic E-state index is -1.30. The first-order valence-corrected chi connectivity index (χ1v) is 23.1. The average Bonchev–Trinajstić information content (AvgIpc) is 3.78. The molecule has 15 nitrogen and oxygen atoms in total. The number of piperidine rings is 1. The van der Waals surface area contributed by atoms with E-state index in [-0.39, 0.29) is 54.3 Å². The van der Waals surface area contributed by atoms with Gasteiger partial charge in [-0.15, -0.1) is 0 Å². The number of methoxy groups -OCH3 is 1. The number of nitrogens with one attached hydrogen (secondary N) is 3. The van der Waals surface area contributed by atoms with Crippen molar-refractivity contribution in [3.8, 4) is 34.0 Å². The Kier molecular flexibility index (Phi) is 13.2. The van der Waals surface area contributed by atoms with Gasteiger partial charge in [0.2, 0.25) is 5.91 Å². The van der Waals surface area contributed by atoms with Crippen molar-refractivity contribution in [1.82, 2.24) is 25.2 Å². The van der Waals surface area contributed by atoms with Crippen molar-refractivity contribution in [3.63, 3.8) is 0 Å². The molecule has 2 saturated heterocycles. The van der Waals surface area contributed by atoms with E-state index in [9.17, 15) is 24.3 Å². The molecule has 2 aliphatic heterocycles. The molecule has 358 valence electrons. The number of carbonyl (C=O) groups excluding carboxylic acids is 4. The number of hydrogen-bond donors (Lipinski definition) is 4. The van der Waals surface area contributed by atoms with E-state index in [4.69, 9.17) is 14.2 Å². The number of halogens is 2. The van der Waals surface area contributed by atoms with E-state index < -0.39 is 29.2 Å². The second kappa shape index (κ2) is 19.4. The number of amides is 5. The van der Waals surface area contributed by atoms with Gasteiger partial charge in [0.15, 0.2) is 0 Å². The lowest BCUT2D eigenvalue weighted by atomic mass is 9.94. The van der Waals surface area contributed by atoms with Crippen molar-refractivity contribution < 1.29 is 47.3 Å². The summed E-state index contributed by atoms with van der Waals surface area (Å²) in [6, 6.07) is 20.5. The Hall–Kier alpha value is -7.24. The van der Waals surface area contributed by atoms with Crippen molar-refractivity contribution in [2.24, 2.45) is 0 Å². The second-order valence-electron chi connectivity index (χ2n) is 18.3. The van der Waals surface area contributed by atoms with Crippen molar-refractivity contribution in [1.29, 1.82) is 0 Å². The largest absolute Gasteiger partial charge is 0.495 e. The number of ether oxygens (including phenoxy) is 3. The highest BCUT2D eigenvalue weighted by atomic mass is 19.1. The van der Waals surface area contributed by atoms with E-state index in [1.165, 1.54) is 56.4 Å². The lowest BCUT2D eigenvalue weighted by Gasteiger charge is -2.36. The number of urea groups is 1. The molecule has 3 aliphatic rings. The summed E-state index contributed by atoms with van der Waals surface area (Å²) in [6.45, 7) is 6.05. The summed E-state index contributed by atoms with van der Waals surface area (Å²) in [5.74, 6) is -1.49. The van der Waals surface area contributed by atoms with Gasteiger partial charge in [-0.05, 0) is 149 Å². The lowest BCUT2D eigenvalue weighted by Crippen LogP contribution is -2.49. The van der Waals surface area contributed by atoms with Crippen LogP contribution in [-0.2, 0) is 15.1 Å². The molecule has 3 fully saturated rings. The first-order valence-electron chi connectivity index (χ1n) is 23.1. The maximum absolute atomic E-state index is 15.2. The molecule has 2 aromatic heterocycles. The van der Waals surface area contributed by atoms with Gasteiger partial charge in [0.1, 0.15) is 35.1 Å². The normalized spacial score (nSPS) is 18.0. The first kappa shape index (κ1) is 46.9. The predicted molar refractivity (Wildman–Crippen MR) is 254 cm³/mol. The molecule has 0 bridgehead atoms. The Morgan fingerprint density at radius 3 is 2.28 bits per heavy atom. The Balaban J connectivity index is 0.777. The standard InChI is InChI=1S/C52H53F2N7O8/c1-29-39(25-33(53)26-42(29)58-49(63)38-15-8-32(24-41(38)54)52(2,3)66)47-40-27-43(57-48(40)56-28-55-47)30-5-9-34(10-6-30)68-35-11-13-36(14-12-35)69-37-17-20-60(21-18-37)50(64)31-7-16-45(67-4)44(23-31)61-22-19-46(62)59-51(61)65/h5-10,15-16,23-28,35-37,66H,11-14,17-22H2,1-4H3,(H,58,63)(H,55,56,57)(H,59,62,65). The van der Waals surface area contributed by atoms with Crippen LogP contribution in [0.1, 0.15) is 90.6 Å². The van der Waals surface area contributed by atoms with Gasteiger partial charge in [-0.2, -0.15) is 0 Å². The van der Waals surface area contributed by atoms with E-state index in [0.29, 0.717) is 63.5 Å². The minimum Gasteiger partial charge on any atom is -0.495 e. The minimum absolute atomic E-state index is 0.0365. The summed E-state index contributed by atoms with van der Waals surface area (Å²) in [6.07, 6.45) is 6.57. The lowest BCUT2D eigenvalue weighted by molar-refractivity contribution is -0.120. The van der Waals surface area contributed by atoms with Gasteiger partial charge in [-0.3, -0.25) is 24.6 Å². The van der Waals surface area contributed by atoms with Crippen LogP contribution in [0.5, 0.6) is 11.5 Å². The fraction of sp³-hybridized carbons (Fsp3) is 0.346. The number of aromatic amines is 1. The zero-order chi connectivity index (χ0) is 48.6. The van der Waals surface area contributed by atoms with Crippen molar-refractivity contribution in [3.05, 3.63) is 119 Å². The molecule has 0 spiro atoms. The molecule has 0 radical (unpaired) electrons. The summed E-state index contributed by atoms with van der Waals surface area (Å²) in [5, 5.41) is 15.9. The summed E-state index contributed by atoms with van der Waals surface area (Å²) in [4.78, 5) is 66.6. The first-order chi connectivity index (χ1) is 33.1. The van der Waals surface area contributed by atoms with Crippen LogP contribution in [0, 0.1) is 18.6 Å². The van der Waals surface area contributed by atoms with E-state index in [1.807, 2.05) is 35.2 Å². The molecule has 9 rings (SSSR count). The van der Waals surface area contributed by atoms with E-state index in [2.05, 4.69) is 25.6 Å². The maximum atomic E-state index is 15.2. The molecule has 0 atom stereocenters. The van der Waals surface area contributed by atoms with Gasteiger partial charge in [0.25, 0.3) is 11.8 Å². The average molecular weight is 942 g/mol. The third-order valence-corrected chi connectivity index (χ3v) is 13.2. The molecular formula is C52H53F2N7O8. The summed E-state index contributed by atoms with van der Waals surface area (Å²) in [7, 11) is 1.50. The molecule has 0 unspecified atom stereocenters. The zero-order valence-corrected chi connectivity index (χ0v) is 38.7. The number of aromatic nitrogens is 3. The SMILES string of the molecule is COc1ccc(C(=O)N2CCC(OC3CCC(Oc4ccc(-c5cc6c(-c7cc(F)cc(NC(=O)c8ccc(C(C)(C)O)cc8F)c7C)ncnc6[nH]5)cc4)CC3)CC2)cc1N1CCC(=O)NC1=O. The van der Waals surface area contributed by atoms with E-state index in [1.54, 1.807) is 25.1 Å².